The number of amides is 3. The average Bonchev–Trinajstić information content (AvgIpc) is 3.29. The van der Waals surface area contributed by atoms with E-state index < -0.39 is 78.2 Å². The number of hydrogen-bond acceptors (Lipinski definition) is 5. The van der Waals surface area contributed by atoms with Gasteiger partial charge in [-0.1, -0.05) is 36.4 Å². The van der Waals surface area contributed by atoms with E-state index in [9.17, 15) is 36.7 Å². The van der Waals surface area contributed by atoms with Gasteiger partial charge in [-0.3, -0.25) is 24.2 Å². The molecule has 3 fully saturated rings. The fourth-order valence-corrected chi connectivity index (χ4v) is 5.78. The Bertz CT molecular complexity index is 1280. The maximum absolute atomic E-state index is 14.5. The molecule has 212 valence electrons. The minimum Gasteiger partial charge on any atom is -0.344 e. The van der Waals surface area contributed by atoms with Crippen molar-refractivity contribution in [2.45, 2.75) is 56.2 Å². The smallest absolute Gasteiger partial charge is 0.289 e. The molecule has 8 nitrogen and oxygen atoms in total. The van der Waals surface area contributed by atoms with Crippen molar-refractivity contribution < 1.29 is 36.7 Å². The zero-order valence-electron chi connectivity index (χ0n) is 21.4. The Morgan fingerprint density at radius 2 is 1.65 bits per heavy atom. The molecule has 2 aromatic rings. The van der Waals surface area contributed by atoms with Crippen molar-refractivity contribution in [3.05, 3.63) is 66.0 Å². The van der Waals surface area contributed by atoms with Crippen LogP contribution >= 0.6 is 0 Å². The lowest BCUT2D eigenvalue weighted by molar-refractivity contribution is -0.144. The van der Waals surface area contributed by atoms with E-state index >= 15 is 0 Å². The van der Waals surface area contributed by atoms with Crippen LogP contribution in [0.4, 0.5) is 17.6 Å². The molecular weight excluding hydrogens is 532 g/mol. The van der Waals surface area contributed by atoms with Crippen molar-refractivity contribution in [1.29, 1.82) is 0 Å². The minimum atomic E-state index is -3.37. The number of fused-ring (bicyclic) bond motifs is 1. The van der Waals surface area contributed by atoms with Crippen LogP contribution in [0.5, 0.6) is 0 Å². The second kappa shape index (κ2) is 10.6. The summed E-state index contributed by atoms with van der Waals surface area (Å²) in [5.41, 5.74) is 1.10. The summed E-state index contributed by atoms with van der Waals surface area (Å²) in [7, 11) is 0. The Kier molecular flexibility index (Phi) is 7.36. The maximum Gasteiger partial charge on any atom is 0.289 e. The molecule has 2 aliphatic carbocycles. The lowest BCUT2D eigenvalue weighted by atomic mass is 9.99. The van der Waals surface area contributed by atoms with Crippen molar-refractivity contribution in [3.63, 3.8) is 0 Å². The first kappa shape index (κ1) is 27.7. The number of ketones is 1. The number of likely N-dealkylation sites (tertiary alicyclic amines) is 1. The van der Waals surface area contributed by atoms with Gasteiger partial charge in [0.1, 0.15) is 12.1 Å². The Balaban J connectivity index is 1.29. The van der Waals surface area contributed by atoms with E-state index in [1.807, 2.05) is 0 Å². The second-order valence-electron chi connectivity index (χ2n) is 10.7. The summed E-state index contributed by atoms with van der Waals surface area (Å²) in [6.45, 7) is -1.06. The molecule has 12 heteroatoms. The molecule has 0 bridgehead atoms. The predicted molar refractivity (Wildman–Crippen MR) is 133 cm³/mol. The normalized spacial score (nSPS) is 26.4. The standard InChI is InChI=1S/C28H28F4N4O4/c29-27(30)13-22(36(15-27)26(40)17-11-19-20(12-17)28(19,31)32)24(38)35-21(10-16-6-2-1-3-7-16)23(37)25(39)34-14-18-8-4-5-9-33-18/h1-9,17,19-22H,10-15H2,(H,34,39)(H,35,38)/t17?,19-,20+,21-,22-/m1/s1. The summed E-state index contributed by atoms with van der Waals surface area (Å²) in [6, 6.07) is 10.5. The summed E-state index contributed by atoms with van der Waals surface area (Å²) in [4.78, 5) is 57.0. The van der Waals surface area contributed by atoms with Crippen LogP contribution in [0.15, 0.2) is 54.7 Å². The van der Waals surface area contributed by atoms with Gasteiger partial charge in [0, 0.05) is 36.8 Å². The molecule has 3 amide bonds. The van der Waals surface area contributed by atoms with Crippen LogP contribution in [0.25, 0.3) is 0 Å². The Hall–Kier alpha value is -3.83. The highest BCUT2D eigenvalue weighted by atomic mass is 19.3. The number of carbonyl (C=O) groups excluding carboxylic acids is 4. The minimum absolute atomic E-state index is 0.0447. The van der Waals surface area contributed by atoms with Crippen LogP contribution in [0.3, 0.4) is 0 Å². The van der Waals surface area contributed by atoms with Gasteiger partial charge in [-0.05, 0) is 30.5 Å². The van der Waals surface area contributed by atoms with Crippen molar-refractivity contribution in [3.8, 4) is 0 Å². The second-order valence-corrected chi connectivity index (χ2v) is 10.7. The van der Waals surface area contributed by atoms with Gasteiger partial charge in [0.15, 0.2) is 0 Å². The topological polar surface area (TPSA) is 108 Å². The first-order valence-corrected chi connectivity index (χ1v) is 13.1. The molecule has 40 heavy (non-hydrogen) atoms. The number of Topliss-reactive ketones (excluding diaryl/α,β-unsaturated/α-hetero) is 1. The number of carbonyl (C=O) groups is 4. The van der Waals surface area contributed by atoms with Crippen molar-refractivity contribution in [1.82, 2.24) is 20.5 Å². The predicted octanol–water partition coefficient (Wildman–Crippen LogP) is 2.52. The first-order chi connectivity index (χ1) is 19.0. The van der Waals surface area contributed by atoms with Gasteiger partial charge in [0.25, 0.3) is 17.8 Å². The van der Waals surface area contributed by atoms with E-state index in [0.29, 0.717) is 11.3 Å². The largest absolute Gasteiger partial charge is 0.344 e. The van der Waals surface area contributed by atoms with Crippen LogP contribution in [-0.2, 0) is 32.1 Å². The average molecular weight is 561 g/mol. The van der Waals surface area contributed by atoms with Gasteiger partial charge in [-0.15, -0.1) is 0 Å². The maximum atomic E-state index is 14.5. The van der Waals surface area contributed by atoms with Crippen LogP contribution in [0.2, 0.25) is 0 Å². The molecule has 1 aromatic heterocycles. The number of pyridine rings is 1. The molecule has 3 aliphatic rings. The van der Waals surface area contributed by atoms with Crippen LogP contribution in [0.1, 0.15) is 30.5 Å². The van der Waals surface area contributed by atoms with Gasteiger partial charge < -0.3 is 15.5 Å². The number of halogens is 4. The highest BCUT2D eigenvalue weighted by molar-refractivity contribution is 6.38. The Morgan fingerprint density at radius 3 is 2.30 bits per heavy atom. The molecule has 2 heterocycles. The van der Waals surface area contributed by atoms with Gasteiger partial charge in [-0.2, -0.15) is 0 Å². The molecular formula is C28H28F4N4O4. The van der Waals surface area contributed by atoms with E-state index in [4.69, 9.17) is 0 Å². The number of alkyl halides is 4. The van der Waals surface area contributed by atoms with Crippen molar-refractivity contribution >= 4 is 23.5 Å². The zero-order valence-corrected chi connectivity index (χ0v) is 21.4. The van der Waals surface area contributed by atoms with Crippen molar-refractivity contribution in [2.75, 3.05) is 6.54 Å². The summed E-state index contributed by atoms with van der Waals surface area (Å²) in [6.07, 6.45) is 0.224. The Morgan fingerprint density at radius 1 is 0.975 bits per heavy atom. The fourth-order valence-electron chi connectivity index (χ4n) is 5.78. The molecule has 5 atom stereocenters. The molecule has 0 radical (unpaired) electrons. The molecule has 1 unspecified atom stereocenters. The van der Waals surface area contributed by atoms with Gasteiger partial charge in [-0.25, -0.2) is 17.6 Å². The number of hydrogen-bond donors (Lipinski definition) is 2. The van der Waals surface area contributed by atoms with Gasteiger partial charge >= 0.3 is 0 Å². The molecule has 0 spiro atoms. The zero-order chi connectivity index (χ0) is 28.7. The summed E-state index contributed by atoms with van der Waals surface area (Å²) < 4.78 is 56.2. The number of nitrogens with one attached hydrogen (secondary N) is 2. The highest BCUT2D eigenvalue weighted by Crippen LogP contribution is 2.66. The van der Waals surface area contributed by atoms with Crippen LogP contribution in [-0.4, -0.2) is 63.9 Å². The lowest BCUT2D eigenvalue weighted by Gasteiger charge is -2.28. The third kappa shape index (κ3) is 5.71. The van der Waals surface area contributed by atoms with E-state index in [2.05, 4.69) is 15.6 Å². The number of aromatic nitrogens is 1. The SMILES string of the molecule is O=C(NCc1ccccn1)C(=O)[C@@H](Cc1ccccc1)NC(=O)[C@H]1CC(F)(F)CN1C(=O)C1C[C@@H]2[C@H](C1)C2(F)F. The molecule has 5 rings (SSSR count). The molecule has 1 aromatic carbocycles. The van der Waals surface area contributed by atoms with E-state index in [0.717, 1.165) is 4.90 Å². The van der Waals surface area contributed by atoms with E-state index in [1.165, 1.54) is 6.20 Å². The lowest BCUT2D eigenvalue weighted by Crippen LogP contribution is -2.54. The van der Waals surface area contributed by atoms with Crippen molar-refractivity contribution in [2.24, 2.45) is 17.8 Å². The number of benzene rings is 1. The third-order valence-corrected chi connectivity index (χ3v) is 7.94. The molecule has 1 saturated heterocycles. The number of nitrogens with zero attached hydrogens (tertiary/aromatic N) is 2. The first-order valence-electron chi connectivity index (χ1n) is 13.1. The van der Waals surface area contributed by atoms with Crippen LogP contribution in [0, 0.1) is 17.8 Å². The molecule has 2 saturated carbocycles. The van der Waals surface area contributed by atoms with Crippen LogP contribution < -0.4 is 10.6 Å². The van der Waals surface area contributed by atoms with E-state index in [1.54, 1.807) is 48.5 Å². The molecule has 1 aliphatic heterocycles. The summed E-state index contributed by atoms with van der Waals surface area (Å²) >= 11 is 0. The van der Waals surface area contributed by atoms with Gasteiger partial charge in [0.05, 0.1) is 18.8 Å². The van der Waals surface area contributed by atoms with Gasteiger partial charge in [0.2, 0.25) is 17.6 Å². The third-order valence-electron chi connectivity index (χ3n) is 7.94. The quantitative estimate of drug-likeness (QED) is 0.362. The highest BCUT2D eigenvalue weighted by Gasteiger charge is 2.72. The summed E-state index contributed by atoms with van der Waals surface area (Å²) in [5, 5.41) is 4.87. The Labute approximate surface area is 227 Å². The monoisotopic (exact) mass is 560 g/mol. The fraction of sp³-hybridized carbons (Fsp3) is 0.464. The number of rotatable bonds is 9. The van der Waals surface area contributed by atoms with E-state index in [-0.39, 0.29) is 25.8 Å². The molecule has 2 N–H and O–H groups in total. The summed E-state index contributed by atoms with van der Waals surface area (Å²) in [5.74, 6) is -12.7.